The highest BCUT2D eigenvalue weighted by Crippen LogP contribution is 2.29. The van der Waals surface area contributed by atoms with Crippen LogP contribution in [0.3, 0.4) is 0 Å². The molecule has 0 aliphatic carbocycles. The van der Waals surface area contributed by atoms with E-state index < -0.39 is 20.7 Å². The molecule has 30 heavy (non-hydrogen) atoms. The molecular weight excluding hydrogens is 411 g/mol. The number of benzene rings is 2. The number of morpholine rings is 1. The Kier molecular flexibility index (Phi) is 5.37. The Labute approximate surface area is 172 Å². The zero-order chi connectivity index (χ0) is 21.3. The molecule has 4 rings (SSSR count). The molecule has 0 spiro atoms. The maximum Gasteiger partial charge on any atom is 0.246 e. The molecule has 8 nitrogen and oxygen atoms in total. The van der Waals surface area contributed by atoms with Crippen LogP contribution in [0.2, 0.25) is 0 Å². The number of halogens is 1. The first-order chi connectivity index (χ1) is 14.4. The second-order valence-electron chi connectivity index (χ2n) is 6.70. The normalized spacial score (nSPS) is 15.2. The van der Waals surface area contributed by atoms with Crippen LogP contribution >= 0.6 is 0 Å². The van der Waals surface area contributed by atoms with Gasteiger partial charge in [0.05, 0.1) is 25.1 Å². The Bertz CT molecular complexity index is 1180. The van der Waals surface area contributed by atoms with Gasteiger partial charge in [-0.25, -0.2) is 22.8 Å². The van der Waals surface area contributed by atoms with Gasteiger partial charge in [-0.05, 0) is 36.4 Å². The van der Waals surface area contributed by atoms with Crippen molar-refractivity contribution in [1.82, 2.24) is 14.3 Å². The van der Waals surface area contributed by atoms with E-state index in [1.807, 2.05) is 0 Å². The standard InChI is InChI=1S/C20H19FN4O4S/c21-16-11-14(3-6-18(16)30(27,28)25-7-9-29-10-8-25)17-12-23-20(22)19(24-17)13-1-4-15(26)5-2-13/h1-6,11-12,26H,7-10H2,(H2,22,23). The van der Waals surface area contributed by atoms with Crippen molar-refractivity contribution in [2.24, 2.45) is 0 Å². The average molecular weight is 430 g/mol. The van der Waals surface area contributed by atoms with Crippen LogP contribution in [0.1, 0.15) is 0 Å². The number of phenolic OH excluding ortho intramolecular Hbond substituents is 1. The minimum atomic E-state index is -3.95. The van der Waals surface area contributed by atoms with Gasteiger partial charge in [0.25, 0.3) is 0 Å². The molecule has 1 saturated heterocycles. The van der Waals surface area contributed by atoms with Crippen molar-refractivity contribution in [1.29, 1.82) is 0 Å². The fourth-order valence-electron chi connectivity index (χ4n) is 3.16. The fourth-order valence-corrected chi connectivity index (χ4v) is 4.62. The number of nitrogen functional groups attached to an aromatic ring is 1. The summed E-state index contributed by atoms with van der Waals surface area (Å²) in [6.07, 6.45) is 1.39. The number of phenols is 1. The molecule has 0 bridgehead atoms. The molecule has 2 heterocycles. The number of sulfonamides is 1. The number of nitrogens with two attached hydrogens (primary N) is 1. The van der Waals surface area contributed by atoms with Gasteiger partial charge in [0, 0.05) is 24.2 Å². The van der Waals surface area contributed by atoms with Gasteiger partial charge in [-0.3, -0.25) is 0 Å². The van der Waals surface area contributed by atoms with Gasteiger partial charge < -0.3 is 15.6 Å². The number of aromatic hydroxyl groups is 1. The van der Waals surface area contributed by atoms with Crippen LogP contribution < -0.4 is 5.73 Å². The number of nitrogens with zero attached hydrogens (tertiary/aromatic N) is 3. The quantitative estimate of drug-likeness (QED) is 0.652. The van der Waals surface area contributed by atoms with E-state index in [0.717, 1.165) is 6.07 Å². The predicted octanol–water partition coefficient (Wildman–Crippen LogP) is 2.26. The lowest BCUT2D eigenvalue weighted by atomic mass is 10.1. The smallest absolute Gasteiger partial charge is 0.246 e. The lowest BCUT2D eigenvalue weighted by Crippen LogP contribution is -2.40. The number of ether oxygens (including phenoxy) is 1. The van der Waals surface area contributed by atoms with Crippen LogP contribution in [0, 0.1) is 5.82 Å². The zero-order valence-electron chi connectivity index (χ0n) is 15.8. The summed E-state index contributed by atoms with van der Waals surface area (Å²) in [6, 6.07) is 10.1. The Morgan fingerprint density at radius 2 is 1.73 bits per heavy atom. The van der Waals surface area contributed by atoms with Crippen LogP contribution in [0.25, 0.3) is 22.5 Å². The van der Waals surface area contributed by atoms with Gasteiger partial charge in [-0.2, -0.15) is 4.31 Å². The highest BCUT2D eigenvalue weighted by molar-refractivity contribution is 7.89. The van der Waals surface area contributed by atoms with Crippen molar-refractivity contribution in [3.8, 4) is 28.3 Å². The molecule has 1 aromatic heterocycles. The van der Waals surface area contributed by atoms with E-state index in [-0.39, 0.29) is 37.9 Å². The first-order valence-corrected chi connectivity index (χ1v) is 10.6. The molecule has 156 valence electrons. The lowest BCUT2D eigenvalue weighted by molar-refractivity contribution is 0.0729. The van der Waals surface area contributed by atoms with Crippen LogP contribution in [-0.4, -0.2) is 54.1 Å². The van der Waals surface area contributed by atoms with E-state index in [1.165, 1.54) is 34.8 Å². The van der Waals surface area contributed by atoms with E-state index in [0.29, 0.717) is 22.5 Å². The van der Waals surface area contributed by atoms with Crippen LogP contribution in [-0.2, 0) is 14.8 Å². The number of hydrogen-bond acceptors (Lipinski definition) is 7. The van der Waals surface area contributed by atoms with Crippen molar-refractivity contribution in [2.75, 3.05) is 32.0 Å². The van der Waals surface area contributed by atoms with E-state index in [1.54, 1.807) is 12.1 Å². The second kappa shape index (κ2) is 7.98. The van der Waals surface area contributed by atoms with Crippen LogP contribution in [0.15, 0.2) is 53.6 Å². The van der Waals surface area contributed by atoms with Gasteiger partial charge in [0.1, 0.15) is 28.0 Å². The highest BCUT2D eigenvalue weighted by atomic mass is 32.2. The summed E-state index contributed by atoms with van der Waals surface area (Å²) in [5.41, 5.74) is 7.63. The summed E-state index contributed by atoms with van der Waals surface area (Å²) in [5, 5.41) is 9.45. The largest absolute Gasteiger partial charge is 0.508 e. The molecule has 0 radical (unpaired) electrons. The molecule has 10 heteroatoms. The maximum absolute atomic E-state index is 14.8. The summed E-state index contributed by atoms with van der Waals surface area (Å²) in [4.78, 5) is 8.18. The van der Waals surface area contributed by atoms with E-state index >= 15 is 0 Å². The van der Waals surface area contributed by atoms with E-state index in [4.69, 9.17) is 10.5 Å². The van der Waals surface area contributed by atoms with Gasteiger partial charge in [-0.1, -0.05) is 6.07 Å². The summed E-state index contributed by atoms with van der Waals surface area (Å²) >= 11 is 0. The molecular formula is C20H19FN4O4S. The summed E-state index contributed by atoms with van der Waals surface area (Å²) < 4.78 is 46.6. The molecule has 1 fully saturated rings. The fraction of sp³-hybridized carbons (Fsp3) is 0.200. The number of rotatable bonds is 4. The lowest BCUT2D eigenvalue weighted by Gasteiger charge is -2.26. The minimum absolute atomic E-state index is 0.0978. The summed E-state index contributed by atoms with van der Waals surface area (Å²) in [5.74, 6) is -0.596. The van der Waals surface area contributed by atoms with E-state index in [9.17, 15) is 17.9 Å². The minimum Gasteiger partial charge on any atom is -0.508 e. The number of anilines is 1. The topological polar surface area (TPSA) is 119 Å². The molecule has 0 unspecified atom stereocenters. The predicted molar refractivity (Wildman–Crippen MR) is 109 cm³/mol. The second-order valence-corrected chi connectivity index (χ2v) is 8.60. The molecule has 1 aliphatic rings. The van der Waals surface area contributed by atoms with Gasteiger partial charge in [0.2, 0.25) is 10.0 Å². The first kappa shape index (κ1) is 20.2. The third-order valence-corrected chi connectivity index (χ3v) is 6.69. The van der Waals surface area contributed by atoms with Crippen molar-refractivity contribution in [2.45, 2.75) is 4.90 Å². The van der Waals surface area contributed by atoms with Crippen molar-refractivity contribution >= 4 is 15.8 Å². The third-order valence-electron chi connectivity index (χ3n) is 4.76. The van der Waals surface area contributed by atoms with Crippen LogP contribution in [0.5, 0.6) is 5.75 Å². The Balaban J connectivity index is 1.69. The van der Waals surface area contributed by atoms with Gasteiger partial charge in [0.15, 0.2) is 0 Å². The molecule has 2 aromatic carbocycles. The Hall–Kier alpha value is -3.08. The number of hydrogen-bond donors (Lipinski definition) is 2. The molecule has 0 amide bonds. The van der Waals surface area contributed by atoms with Crippen LogP contribution in [0.4, 0.5) is 10.2 Å². The van der Waals surface area contributed by atoms with Crippen molar-refractivity contribution < 1.29 is 22.7 Å². The maximum atomic E-state index is 14.8. The van der Waals surface area contributed by atoms with Crippen molar-refractivity contribution in [3.63, 3.8) is 0 Å². The zero-order valence-corrected chi connectivity index (χ0v) is 16.6. The Morgan fingerprint density at radius 3 is 2.40 bits per heavy atom. The highest BCUT2D eigenvalue weighted by Gasteiger charge is 2.29. The third kappa shape index (κ3) is 3.84. The van der Waals surface area contributed by atoms with Gasteiger partial charge >= 0.3 is 0 Å². The molecule has 0 saturated carbocycles. The molecule has 1 aliphatic heterocycles. The molecule has 0 atom stereocenters. The summed E-state index contributed by atoms with van der Waals surface area (Å²) in [6.45, 7) is 0.923. The average Bonchev–Trinajstić information content (AvgIpc) is 2.75. The molecule has 3 N–H and O–H groups in total. The SMILES string of the molecule is Nc1ncc(-c2ccc(S(=O)(=O)N3CCOCC3)c(F)c2)nc1-c1ccc(O)cc1. The van der Waals surface area contributed by atoms with Gasteiger partial charge in [-0.15, -0.1) is 0 Å². The Morgan fingerprint density at radius 1 is 1.07 bits per heavy atom. The molecule has 3 aromatic rings. The summed E-state index contributed by atoms with van der Waals surface area (Å²) in [7, 11) is -3.95. The number of aromatic nitrogens is 2. The van der Waals surface area contributed by atoms with Crippen molar-refractivity contribution in [3.05, 3.63) is 54.5 Å². The monoisotopic (exact) mass is 430 g/mol. The van der Waals surface area contributed by atoms with E-state index in [2.05, 4.69) is 9.97 Å². The first-order valence-electron chi connectivity index (χ1n) is 9.16.